The minimum atomic E-state index is 0.224. The van der Waals surface area contributed by atoms with E-state index >= 15 is 0 Å². The number of aromatic nitrogens is 2. The van der Waals surface area contributed by atoms with Gasteiger partial charge in [0.05, 0.1) is 13.1 Å². The number of aryl methyl sites for hydroxylation is 1. The molecule has 110 valence electrons. The number of hydrogen-bond acceptors (Lipinski definition) is 3. The quantitative estimate of drug-likeness (QED) is 0.855. The molecule has 1 amide bonds. The van der Waals surface area contributed by atoms with E-state index in [1.165, 1.54) is 25.7 Å². The van der Waals surface area contributed by atoms with E-state index in [-0.39, 0.29) is 5.91 Å². The molecular weight excluding hydrogens is 252 g/mol. The number of carbonyl (C=O) groups excluding carboxylic acids is 1. The summed E-state index contributed by atoms with van der Waals surface area (Å²) in [7, 11) is 1.98. The van der Waals surface area contributed by atoms with Gasteiger partial charge in [0.15, 0.2) is 0 Å². The number of rotatable bonds is 6. The Balaban J connectivity index is 1.55. The molecule has 1 heterocycles. The predicted molar refractivity (Wildman–Crippen MR) is 77.0 cm³/mol. The van der Waals surface area contributed by atoms with Crippen LogP contribution in [0.4, 0.5) is 0 Å². The summed E-state index contributed by atoms with van der Waals surface area (Å²) < 4.78 is 1.99. The van der Waals surface area contributed by atoms with Gasteiger partial charge in [0.25, 0.3) is 0 Å². The summed E-state index contributed by atoms with van der Waals surface area (Å²) in [6.45, 7) is 1.12. The first kappa shape index (κ1) is 13.6. The van der Waals surface area contributed by atoms with Crippen LogP contribution < -0.4 is 5.32 Å². The Morgan fingerprint density at radius 2 is 2.15 bits per heavy atom. The fourth-order valence-electron chi connectivity index (χ4n) is 2.97. The van der Waals surface area contributed by atoms with E-state index in [4.69, 9.17) is 0 Å². The zero-order valence-electron chi connectivity index (χ0n) is 12.2. The molecule has 0 bridgehead atoms. The number of amides is 1. The standard InChI is InChI=1S/C15H24N4O/c1-18-9-8-16-14(18)11-19(13-6-7-13)15(20)10-17-12-4-2-3-5-12/h8-9,12-13,17H,2-7,10-11H2,1H3. The first-order valence-corrected chi connectivity index (χ1v) is 7.73. The highest BCUT2D eigenvalue weighted by atomic mass is 16.2. The first-order chi connectivity index (χ1) is 9.74. The average molecular weight is 276 g/mol. The van der Waals surface area contributed by atoms with E-state index in [1.54, 1.807) is 6.20 Å². The molecule has 2 fully saturated rings. The molecule has 5 heteroatoms. The molecule has 1 aromatic rings. The third-order valence-corrected chi connectivity index (χ3v) is 4.44. The van der Waals surface area contributed by atoms with E-state index < -0.39 is 0 Å². The molecule has 2 aliphatic rings. The summed E-state index contributed by atoms with van der Waals surface area (Å²) in [5.41, 5.74) is 0. The highest BCUT2D eigenvalue weighted by molar-refractivity contribution is 5.78. The molecule has 0 radical (unpaired) electrons. The van der Waals surface area contributed by atoms with Crippen molar-refractivity contribution < 1.29 is 4.79 Å². The van der Waals surface area contributed by atoms with Crippen LogP contribution in [-0.2, 0) is 18.4 Å². The molecule has 0 aromatic carbocycles. The summed E-state index contributed by atoms with van der Waals surface area (Å²) in [4.78, 5) is 18.8. The molecule has 0 atom stereocenters. The Kier molecular flexibility index (Phi) is 4.05. The summed E-state index contributed by atoms with van der Waals surface area (Å²) in [6, 6.07) is 0.984. The summed E-state index contributed by atoms with van der Waals surface area (Å²) in [6.07, 6.45) is 11.0. The second kappa shape index (κ2) is 5.95. The van der Waals surface area contributed by atoms with Crippen LogP contribution >= 0.6 is 0 Å². The Morgan fingerprint density at radius 1 is 1.40 bits per heavy atom. The molecule has 0 spiro atoms. The largest absolute Gasteiger partial charge is 0.337 e. The van der Waals surface area contributed by atoms with Gasteiger partial charge < -0.3 is 14.8 Å². The molecular formula is C15H24N4O. The van der Waals surface area contributed by atoms with Crippen molar-refractivity contribution in [2.45, 2.75) is 57.2 Å². The average Bonchev–Trinajstić information content (AvgIpc) is 2.98. The van der Waals surface area contributed by atoms with E-state index in [1.807, 2.05) is 22.7 Å². The van der Waals surface area contributed by atoms with Crippen molar-refractivity contribution in [3.63, 3.8) is 0 Å². The summed E-state index contributed by atoms with van der Waals surface area (Å²) >= 11 is 0. The fraction of sp³-hybridized carbons (Fsp3) is 0.733. The summed E-state index contributed by atoms with van der Waals surface area (Å²) in [5.74, 6) is 1.19. The van der Waals surface area contributed by atoms with Crippen LogP contribution in [0.1, 0.15) is 44.3 Å². The van der Waals surface area contributed by atoms with Crippen LogP contribution in [0.15, 0.2) is 12.4 Å². The molecule has 1 N–H and O–H groups in total. The second-order valence-electron chi connectivity index (χ2n) is 6.07. The maximum Gasteiger partial charge on any atom is 0.237 e. The lowest BCUT2D eigenvalue weighted by Crippen LogP contribution is -2.42. The van der Waals surface area contributed by atoms with Crippen LogP contribution in [-0.4, -0.2) is 39.0 Å². The lowest BCUT2D eigenvalue weighted by Gasteiger charge is -2.23. The topological polar surface area (TPSA) is 50.2 Å². The maximum atomic E-state index is 12.4. The predicted octanol–water partition coefficient (Wildman–Crippen LogP) is 1.44. The first-order valence-electron chi connectivity index (χ1n) is 7.73. The highest BCUT2D eigenvalue weighted by Crippen LogP contribution is 2.28. The minimum absolute atomic E-state index is 0.224. The van der Waals surface area contributed by atoms with Crippen molar-refractivity contribution >= 4 is 5.91 Å². The van der Waals surface area contributed by atoms with Crippen LogP contribution in [0.2, 0.25) is 0 Å². The van der Waals surface area contributed by atoms with E-state index in [2.05, 4.69) is 10.3 Å². The van der Waals surface area contributed by atoms with E-state index in [0.717, 1.165) is 18.7 Å². The molecule has 3 rings (SSSR count). The van der Waals surface area contributed by atoms with Gasteiger partial charge in [0.1, 0.15) is 5.82 Å². The lowest BCUT2D eigenvalue weighted by molar-refractivity contribution is -0.131. The normalized spacial score (nSPS) is 19.4. The molecule has 1 aromatic heterocycles. The van der Waals surface area contributed by atoms with Gasteiger partial charge in [-0.1, -0.05) is 12.8 Å². The molecule has 20 heavy (non-hydrogen) atoms. The Bertz CT molecular complexity index is 460. The van der Waals surface area contributed by atoms with Crippen molar-refractivity contribution in [3.05, 3.63) is 18.2 Å². The van der Waals surface area contributed by atoms with Crippen molar-refractivity contribution in [3.8, 4) is 0 Å². The fourth-order valence-corrected chi connectivity index (χ4v) is 2.97. The van der Waals surface area contributed by atoms with Gasteiger partial charge in [-0.05, 0) is 25.7 Å². The van der Waals surface area contributed by atoms with Gasteiger partial charge >= 0.3 is 0 Å². The molecule has 2 saturated carbocycles. The Hall–Kier alpha value is -1.36. The van der Waals surface area contributed by atoms with Crippen LogP contribution in [0, 0.1) is 0 Å². The SMILES string of the molecule is Cn1ccnc1CN(C(=O)CNC1CCCC1)C1CC1. The molecule has 5 nitrogen and oxygen atoms in total. The minimum Gasteiger partial charge on any atom is -0.337 e. The van der Waals surface area contributed by atoms with E-state index in [0.29, 0.717) is 25.2 Å². The van der Waals surface area contributed by atoms with E-state index in [9.17, 15) is 4.79 Å². The number of nitrogens with zero attached hydrogens (tertiary/aromatic N) is 3. The molecule has 0 aliphatic heterocycles. The number of nitrogens with one attached hydrogen (secondary N) is 1. The van der Waals surface area contributed by atoms with Gasteiger partial charge in [-0.15, -0.1) is 0 Å². The van der Waals surface area contributed by atoms with Gasteiger partial charge in [-0.3, -0.25) is 4.79 Å². The Morgan fingerprint density at radius 3 is 2.75 bits per heavy atom. The van der Waals surface area contributed by atoms with Crippen LogP contribution in [0.5, 0.6) is 0 Å². The van der Waals surface area contributed by atoms with Crippen molar-refractivity contribution in [2.24, 2.45) is 7.05 Å². The summed E-state index contributed by atoms with van der Waals surface area (Å²) in [5, 5.41) is 3.42. The third-order valence-electron chi connectivity index (χ3n) is 4.44. The maximum absolute atomic E-state index is 12.4. The van der Waals surface area contributed by atoms with Gasteiger partial charge in [-0.2, -0.15) is 0 Å². The molecule has 0 saturated heterocycles. The van der Waals surface area contributed by atoms with Crippen LogP contribution in [0.25, 0.3) is 0 Å². The van der Waals surface area contributed by atoms with Crippen molar-refractivity contribution in [2.75, 3.05) is 6.54 Å². The van der Waals surface area contributed by atoms with Gasteiger partial charge in [0.2, 0.25) is 5.91 Å². The van der Waals surface area contributed by atoms with Crippen LogP contribution in [0.3, 0.4) is 0 Å². The molecule has 2 aliphatic carbocycles. The zero-order chi connectivity index (χ0) is 13.9. The monoisotopic (exact) mass is 276 g/mol. The zero-order valence-corrected chi connectivity index (χ0v) is 12.2. The third kappa shape index (κ3) is 3.20. The second-order valence-corrected chi connectivity index (χ2v) is 6.07. The number of imidazole rings is 1. The van der Waals surface area contributed by atoms with Gasteiger partial charge in [-0.25, -0.2) is 4.98 Å². The highest BCUT2D eigenvalue weighted by Gasteiger charge is 2.33. The number of hydrogen-bond donors (Lipinski definition) is 1. The van der Waals surface area contributed by atoms with Crippen molar-refractivity contribution in [1.82, 2.24) is 19.8 Å². The smallest absolute Gasteiger partial charge is 0.237 e. The van der Waals surface area contributed by atoms with Crippen molar-refractivity contribution in [1.29, 1.82) is 0 Å². The Labute approximate surface area is 120 Å². The molecule has 0 unspecified atom stereocenters. The van der Waals surface area contributed by atoms with Gasteiger partial charge in [0, 0.05) is 31.5 Å². The number of carbonyl (C=O) groups is 1. The lowest BCUT2D eigenvalue weighted by atomic mass is 10.2.